The molecule has 2 bridgehead atoms. The van der Waals surface area contributed by atoms with Gasteiger partial charge in [-0.1, -0.05) is 73.1 Å². The van der Waals surface area contributed by atoms with Gasteiger partial charge in [-0.25, -0.2) is 0 Å². The van der Waals surface area contributed by atoms with Crippen molar-refractivity contribution >= 4 is 23.1 Å². The number of allylic oxidation sites excluding steroid dienone is 11. The summed E-state index contributed by atoms with van der Waals surface area (Å²) in [7, 11) is 0. The van der Waals surface area contributed by atoms with E-state index in [-0.39, 0.29) is 36.5 Å². The number of aliphatic hydroxyl groups excluding tert-OH is 1. The highest BCUT2D eigenvalue weighted by atomic mass is 16.3. The highest BCUT2D eigenvalue weighted by molar-refractivity contribution is 6.41. The number of rotatable bonds is 13. The summed E-state index contributed by atoms with van der Waals surface area (Å²) in [4.78, 5) is 44.6. The van der Waals surface area contributed by atoms with Crippen LogP contribution in [0.25, 0.3) is 5.76 Å². The Morgan fingerprint density at radius 3 is 1.87 bits per heavy atom. The monoisotopic (exact) mass is 642 g/mol. The van der Waals surface area contributed by atoms with Crippen LogP contribution in [0.3, 0.4) is 0 Å². The summed E-state index contributed by atoms with van der Waals surface area (Å²) >= 11 is 0. The molecule has 3 N–H and O–H groups in total. The van der Waals surface area contributed by atoms with Gasteiger partial charge in [-0.3, -0.25) is 14.4 Å². The Labute approximate surface area is 281 Å². The van der Waals surface area contributed by atoms with Crippen LogP contribution < -0.4 is 0 Å². The van der Waals surface area contributed by atoms with Gasteiger partial charge in [0.1, 0.15) is 16.7 Å². The van der Waals surface area contributed by atoms with Crippen molar-refractivity contribution < 1.29 is 29.7 Å². The van der Waals surface area contributed by atoms with E-state index in [1.165, 1.54) is 23.3 Å². The Bertz CT molecular complexity index is 1550. The number of ketones is 3. The predicted octanol–water partition coefficient (Wildman–Crippen LogP) is 9.85. The maximum Gasteiger partial charge on any atom is 0.184 e. The molecule has 0 radical (unpaired) electrons. The van der Waals surface area contributed by atoms with Crippen LogP contribution in [0.1, 0.15) is 112 Å². The van der Waals surface area contributed by atoms with Gasteiger partial charge in [0, 0.05) is 5.56 Å². The van der Waals surface area contributed by atoms with Crippen LogP contribution in [0.4, 0.5) is 0 Å². The number of unbranched alkanes of at least 4 members (excludes halogenated alkanes) is 2. The minimum absolute atomic E-state index is 0.0165. The molecule has 0 amide bonds. The molecule has 0 saturated heterocycles. The zero-order valence-corrected chi connectivity index (χ0v) is 29.6. The maximum absolute atomic E-state index is 15.0. The topological polar surface area (TPSA) is 112 Å². The molecule has 6 nitrogen and oxygen atoms in total. The van der Waals surface area contributed by atoms with Gasteiger partial charge in [0.2, 0.25) is 0 Å². The second-order valence-corrected chi connectivity index (χ2v) is 14.6. The lowest BCUT2D eigenvalue weighted by atomic mass is 9.39. The third-order valence-corrected chi connectivity index (χ3v) is 10.1. The van der Waals surface area contributed by atoms with Crippen LogP contribution >= 0.6 is 0 Å². The first kappa shape index (κ1) is 37.5. The molecule has 0 heterocycles. The number of Topliss-reactive ketones (excluding diaryl/α,β-unsaturated/α-hetero) is 3. The number of carbonyl (C=O) groups is 3. The molecular weight excluding hydrogens is 588 g/mol. The highest BCUT2D eigenvalue weighted by Crippen LogP contribution is 2.65. The summed E-state index contributed by atoms with van der Waals surface area (Å²) in [5.41, 5.74) is -0.976. The second kappa shape index (κ2) is 15.3. The van der Waals surface area contributed by atoms with E-state index in [4.69, 9.17) is 0 Å². The van der Waals surface area contributed by atoms with Gasteiger partial charge >= 0.3 is 0 Å². The fraction of sp³-hybridized carbons (Fsp3) is 0.488. The SMILES string of the molecule is CC(C)=CCC/C=C/C[C@@H]1C[C@@]2(C/C=C/CCC=C(C)C)C(=O)C(=C(O)c3ccc(O)c(O)c3)C(=O)[C@](CC=C(C)C)(C2=O)C1(C)C. The Balaban J connectivity index is 2.25. The zero-order valence-electron chi connectivity index (χ0n) is 29.6. The van der Waals surface area contributed by atoms with E-state index in [9.17, 15) is 24.9 Å². The van der Waals surface area contributed by atoms with E-state index >= 15 is 4.79 Å². The smallest absolute Gasteiger partial charge is 0.184 e. The van der Waals surface area contributed by atoms with Crippen molar-refractivity contribution in [3.63, 3.8) is 0 Å². The van der Waals surface area contributed by atoms with E-state index in [1.807, 2.05) is 59.8 Å². The van der Waals surface area contributed by atoms with Crippen molar-refractivity contribution in [1.29, 1.82) is 0 Å². The molecule has 0 aromatic heterocycles. The normalized spacial score (nSPS) is 24.9. The van der Waals surface area contributed by atoms with Gasteiger partial charge in [-0.2, -0.15) is 0 Å². The summed E-state index contributed by atoms with van der Waals surface area (Å²) in [6, 6.07) is 3.66. The molecule has 254 valence electrons. The molecular formula is C41H54O6. The molecule has 2 fully saturated rings. The minimum Gasteiger partial charge on any atom is -0.506 e. The van der Waals surface area contributed by atoms with Crippen molar-refractivity contribution in [2.75, 3.05) is 0 Å². The fourth-order valence-corrected chi connectivity index (χ4v) is 7.17. The summed E-state index contributed by atoms with van der Waals surface area (Å²) in [6.45, 7) is 16.0. The highest BCUT2D eigenvalue weighted by Gasteiger charge is 2.73. The van der Waals surface area contributed by atoms with Crippen LogP contribution in [0.5, 0.6) is 11.5 Å². The third kappa shape index (κ3) is 7.63. The Morgan fingerprint density at radius 2 is 1.32 bits per heavy atom. The zero-order chi connectivity index (χ0) is 35.2. The number of phenols is 2. The number of fused-ring (bicyclic) bond motifs is 2. The van der Waals surface area contributed by atoms with Gasteiger partial charge in [0.15, 0.2) is 28.8 Å². The Kier molecular flexibility index (Phi) is 12.2. The molecule has 0 spiro atoms. The van der Waals surface area contributed by atoms with Crippen molar-refractivity contribution in [1.82, 2.24) is 0 Å². The number of hydrogen-bond donors (Lipinski definition) is 3. The van der Waals surface area contributed by atoms with Crippen LogP contribution in [0.2, 0.25) is 0 Å². The number of aliphatic hydroxyl groups is 1. The second-order valence-electron chi connectivity index (χ2n) is 14.6. The lowest BCUT2D eigenvalue weighted by Crippen LogP contribution is -2.69. The number of aromatic hydroxyl groups is 2. The summed E-state index contributed by atoms with van der Waals surface area (Å²) < 4.78 is 0. The molecule has 3 atom stereocenters. The summed E-state index contributed by atoms with van der Waals surface area (Å²) in [5.74, 6) is -3.37. The first-order valence-electron chi connectivity index (χ1n) is 16.8. The lowest BCUT2D eigenvalue weighted by molar-refractivity contribution is -0.176. The number of carbonyl (C=O) groups excluding carboxylic acids is 3. The quantitative estimate of drug-likeness (QED) is 0.0376. The van der Waals surface area contributed by atoms with Crippen molar-refractivity contribution in [3.8, 4) is 11.5 Å². The predicted molar refractivity (Wildman–Crippen MR) is 190 cm³/mol. The standard InChI is InChI=1S/C41H54O6/c1-27(2)17-13-9-10-15-19-31-26-40(23-16-12-11-14-18-28(3)4)36(45)34(35(44)30-20-21-32(42)33(43)25-30)37(46)41(38(40)47,39(31,7)8)24-22-29(5)6/h10,12,15-18,20-22,25,31,42-44H,9,11,13-14,19,23-24,26H2,1-8H3/b15-10+,16-12+,35-34?/t31-,40+,41-/m1/s1. The average molecular weight is 643 g/mol. The van der Waals surface area contributed by atoms with Crippen LogP contribution in [0, 0.1) is 22.2 Å². The van der Waals surface area contributed by atoms with E-state index in [0.29, 0.717) is 6.42 Å². The molecule has 1 aromatic carbocycles. The van der Waals surface area contributed by atoms with E-state index in [2.05, 4.69) is 38.2 Å². The third-order valence-electron chi connectivity index (χ3n) is 10.1. The molecule has 2 aliphatic rings. The first-order chi connectivity index (χ1) is 22.0. The molecule has 2 aliphatic carbocycles. The van der Waals surface area contributed by atoms with Gasteiger partial charge in [-0.15, -0.1) is 0 Å². The minimum atomic E-state index is -1.60. The lowest BCUT2D eigenvalue weighted by Gasteiger charge is -2.60. The number of hydrogen-bond acceptors (Lipinski definition) is 6. The molecule has 3 rings (SSSR count). The van der Waals surface area contributed by atoms with E-state index in [1.54, 1.807) is 0 Å². The van der Waals surface area contributed by atoms with Gasteiger partial charge in [0.25, 0.3) is 0 Å². The van der Waals surface area contributed by atoms with Crippen molar-refractivity contribution in [3.05, 3.63) is 88.6 Å². The van der Waals surface area contributed by atoms with E-state index < -0.39 is 50.6 Å². The molecule has 47 heavy (non-hydrogen) atoms. The van der Waals surface area contributed by atoms with Crippen LogP contribution in [-0.2, 0) is 14.4 Å². The molecule has 6 heteroatoms. The maximum atomic E-state index is 15.0. The number of benzene rings is 1. The molecule has 0 aliphatic heterocycles. The Morgan fingerprint density at radius 1 is 0.745 bits per heavy atom. The summed E-state index contributed by atoms with van der Waals surface area (Å²) in [6.07, 6.45) is 18.8. The summed E-state index contributed by atoms with van der Waals surface area (Å²) in [5, 5.41) is 31.7. The van der Waals surface area contributed by atoms with Crippen molar-refractivity contribution in [2.24, 2.45) is 22.2 Å². The van der Waals surface area contributed by atoms with Crippen molar-refractivity contribution in [2.45, 2.75) is 107 Å². The van der Waals surface area contributed by atoms with Crippen LogP contribution in [0.15, 0.2) is 83.0 Å². The molecule has 2 saturated carbocycles. The first-order valence-corrected chi connectivity index (χ1v) is 16.8. The average Bonchev–Trinajstić information content (AvgIpc) is 2.98. The largest absolute Gasteiger partial charge is 0.506 e. The fourth-order valence-electron chi connectivity index (χ4n) is 7.17. The number of phenolic OH excluding ortho intramolecular Hbond substituents is 2. The Hall–Kier alpha value is -3.93. The molecule has 1 aromatic rings. The van der Waals surface area contributed by atoms with Gasteiger partial charge in [-0.05, 0) is 122 Å². The van der Waals surface area contributed by atoms with Crippen LogP contribution in [-0.4, -0.2) is 32.7 Å². The van der Waals surface area contributed by atoms with Gasteiger partial charge in [0.05, 0.1) is 5.41 Å². The van der Waals surface area contributed by atoms with Gasteiger partial charge < -0.3 is 15.3 Å². The van der Waals surface area contributed by atoms with E-state index in [0.717, 1.165) is 37.3 Å². The molecule has 0 unspecified atom stereocenters.